The van der Waals surface area contributed by atoms with Crippen LogP contribution in [-0.4, -0.2) is 51.3 Å². The third-order valence-corrected chi connectivity index (χ3v) is 2.69. The maximum atomic E-state index is 11.7. The molecule has 0 radical (unpaired) electrons. The van der Waals surface area contributed by atoms with Crippen molar-refractivity contribution in [2.45, 2.75) is 20.8 Å². The van der Waals surface area contributed by atoms with Crippen LogP contribution in [0.1, 0.15) is 20.8 Å². The Morgan fingerprint density at radius 3 is 2.31 bits per heavy atom. The van der Waals surface area contributed by atoms with E-state index >= 15 is 0 Å². The zero-order chi connectivity index (χ0) is 12.4. The van der Waals surface area contributed by atoms with E-state index < -0.39 is 5.41 Å². The van der Waals surface area contributed by atoms with E-state index in [0.29, 0.717) is 19.8 Å². The predicted molar refractivity (Wildman–Crippen MR) is 62.2 cm³/mol. The normalized spacial score (nSPS) is 19.4. The summed E-state index contributed by atoms with van der Waals surface area (Å²) in [6, 6.07) is 0. The highest BCUT2D eigenvalue weighted by atomic mass is 16.5. The molecule has 0 aliphatic carbocycles. The third-order valence-electron chi connectivity index (χ3n) is 2.69. The Bertz CT molecular complexity index is 253. The first-order valence-corrected chi connectivity index (χ1v) is 5.64. The van der Waals surface area contributed by atoms with Gasteiger partial charge in [0.25, 0.3) is 0 Å². The number of carbonyl (C=O) groups excluding carboxylic acids is 1. The molecule has 16 heavy (non-hydrogen) atoms. The second-order valence-electron chi connectivity index (χ2n) is 6.00. The van der Waals surface area contributed by atoms with E-state index in [4.69, 9.17) is 9.47 Å². The molecular formula is C12H23NO3. The van der Waals surface area contributed by atoms with Gasteiger partial charge >= 0.3 is 5.97 Å². The van der Waals surface area contributed by atoms with E-state index in [1.165, 1.54) is 7.11 Å². The van der Waals surface area contributed by atoms with Crippen molar-refractivity contribution < 1.29 is 14.3 Å². The molecular weight excluding hydrogens is 206 g/mol. The van der Waals surface area contributed by atoms with Crippen molar-refractivity contribution in [2.75, 3.05) is 40.5 Å². The van der Waals surface area contributed by atoms with E-state index in [2.05, 4.69) is 25.7 Å². The minimum Gasteiger partial charge on any atom is -0.468 e. The monoisotopic (exact) mass is 229 g/mol. The Kier molecular flexibility index (Phi) is 3.97. The largest absolute Gasteiger partial charge is 0.468 e. The fraction of sp³-hybridized carbons (Fsp3) is 0.917. The summed E-state index contributed by atoms with van der Waals surface area (Å²) < 4.78 is 10.0. The Balaban J connectivity index is 2.54. The van der Waals surface area contributed by atoms with Gasteiger partial charge < -0.3 is 14.4 Å². The van der Waals surface area contributed by atoms with Crippen molar-refractivity contribution in [2.24, 2.45) is 10.8 Å². The van der Waals surface area contributed by atoms with Crippen LogP contribution in [0.2, 0.25) is 0 Å². The summed E-state index contributed by atoms with van der Waals surface area (Å²) in [6.45, 7) is 9.17. The molecule has 0 unspecified atom stereocenters. The molecule has 0 atom stereocenters. The van der Waals surface area contributed by atoms with Gasteiger partial charge in [-0.2, -0.15) is 0 Å². The lowest BCUT2D eigenvalue weighted by molar-refractivity contribution is -0.186. The number of rotatable bonds is 4. The molecule has 1 aliphatic heterocycles. The summed E-state index contributed by atoms with van der Waals surface area (Å²) >= 11 is 0. The number of nitrogens with zero attached hydrogens (tertiary/aromatic N) is 1. The molecule has 1 aliphatic rings. The second-order valence-corrected chi connectivity index (χ2v) is 6.00. The standard InChI is InChI=1S/C12H23NO3/c1-11(2,3)6-13(4)7-12(8-16-9-12)10(14)15-5/h6-9H2,1-5H3. The topological polar surface area (TPSA) is 38.8 Å². The van der Waals surface area contributed by atoms with E-state index in [9.17, 15) is 4.79 Å². The van der Waals surface area contributed by atoms with Crippen molar-refractivity contribution >= 4 is 5.97 Å². The molecule has 0 N–H and O–H groups in total. The average Bonchev–Trinajstić information content (AvgIpc) is 2.07. The Labute approximate surface area is 97.9 Å². The Hall–Kier alpha value is -0.610. The van der Waals surface area contributed by atoms with Crippen LogP contribution in [0.3, 0.4) is 0 Å². The molecule has 0 aromatic rings. The summed E-state index contributed by atoms with van der Waals surface area (Å²) in [5.74, 6) is -0.153. The van der Waals surface area contributed by atoms with Crippen molar-refractivity contribution in [1.82, 2.24) is 4.90 Å². The molecule has 4 heteroatoms. The molecule has 4 nitrogen and oxygen atoms in total. The van der Waals surface area contributed by atoms with Crippen LogP contribution in [0.15, 0.2) is 0 Å². The average molecular weight is 229 g/mol. The van der Waals surface area contributed by atoms with Gasteiger partial charge in [-0.15, -0.1) is 0 Å². The van der Waals surface area contributed by atoms with Crippen molar-refractivity contribution in [1.29, 1.82) is 0 Å². The molecule has 1 rings (SSSR count). The van der Waals surface area contributed by atoms with Crippen LogP contribution in [0.4, 0.5) is 0 Å². The van der Waals surface area contributed by atoms with E-state index in [0.717, 1.165) is 6.54 Å². The zero-order valence-corrected chi connectivity index (χ0v) is 11.0. The highest BCUT2D eigenvalue weighted by Gasteiger charge is 2.48. The first-order chi connectivity index (χ1) is 7.29. The van der Waals surface area contributed by atoms with Crippen LogP contribution in [0.25, 0.3) is 0 Å². The van der Waals surface area contributed by atoms with Gasteiger partial charge in [-0.25, -0.2) is 0 Å². The molecule has 1 heterocycles. The molecule has 0 spiro atoms. The van der Waals surface area contributed by atoms with Crippen LogP contribution >= 0.6 is 0 Å². The second kappa shape index (κ2) is 4.72. The fourth-order valence-corrected chi connectivity index (χ4v) is 2.22. The number of esters is 1. The van der Waals surface area contributed by atoms with Crippen molar-refractivity contribution in [3.63, 3.8) is 0 Å². The molecule has 94 valence electrons. The van der Waals surface area contributed by atoms with E-state index in [1.54, 1.807) is 0 Å². The van der Waals surface area contributed by atoms with Crippen LogP contribution < -0.4 is 0 Å². The number of methoxy groups -OCH3 is 1. The molecule has 0 saturated carbocycles. The lowest BCUT2D eigenvalue weighted by Crippen LogP contribution is -2.56. The predicted octanol–water partition coefficient (Wildman–Crippen LogP) is 1.15. The van der Waals surface area contributed by atoms with Gasteiger partial charge in [0.05, 0.1) is 20.3 Å². The van der Waals surface area contributed by atoms with Crippen LogP contribution in [0, 0.1) is 10.8 Å². The summed E-state index contributed by atoms with van der Waals surface area (Å²) in [5, 5.41) is 0. The Morgan fingerprint density at radius 2 is 2.00 bits per heavy atom. The zero-order valence-electron chi connectivity index (χ0n) is 11.0. The highest BCUT2D eigenvalue weighted by Crippen LogP contribution is 2.30. The van der Waals surface area contributed by atoms with E-state index in [1.807, 2.05) is 7.05 Å². The molecule has 1 fully saturated rings. The van der Waals surface area contributed by atoms with Crippen molar-refractivity contribution in [3.05, 3.63) is 0 Å². The lowest BCUT2D eigenvalue weighted by atomic mass is 9.84. The van der Waals surface area contributed by atoms with E-state index in [-0.39, 0.29) is 11.4 Å². The third kappa shape index (κ3) is 3.19. The maximum Gasteiger partial charge on any atom is 0.317 e. The highest BCUT2D eigenvalue weighted by molar-refractivity contribution is 5.78. The van der Waals surface area contributed by atoms with Gasteiger partial charge in [-0.1, -0.05) is 20.8 Å². The summed E-state index contributed by atoms with van der Waals surface area (Å²) in [4.78, 5) is 13.9. The van der Waals surface area contributed by atoms with Gasteiger partial charge in [-0.05, 0) is 12.5 Å². The van der Waals surface area contributed by atoms with Crippen LogP contribution in [-0.2, 0) is 14.3 Å². The van der Waals surface area contributed by atoms with Crippen molar-refractivity contribution in [3.8, 4) is 0 Å². The van der Waals surface area contributed by atoms with Crippen LogP contribution in [0.5, 0.6) is 0 Å². The number of hydrogen-bond acceptors (Lipinski definition) is 4. The quantitative estimate of drug-likeness (QED) is 0.678. The first kappa shape index (κ1) is 13.5. The molecule has 0 bridgehead atoms. The van der Waals surface area contributed by atoms with Gasteiger partial charge in [0.2, 0.25) is 0 Å². The Morgan fingerprint density at radius 1 is 1.44 bits per heavy atom. The van der Waals surface area contributed by atoms with Gasteiger partial charge in [0.15, 0.2) is 0 Å². The SMILES string of the molecule is COC(=O)C1(CN(C)CC(C)(C)C)COC1. The fourth-order valence-electron chi connectivity index (χ4n) is 2.22. The molecule has 0 amide bonds. The maximum absolute atomic E-state index is 11.7. The summed E-state index contributed by atoms with van der Waals surface area (Å²) in [7, 11) is 3.47. The molecule has 0 aromatic carbocycles. The minimum atomic E-state index is -0.436. The summed E-state index contributed by atoms with van der Waals surface area (Å²) in [5.41, 5.74) is -0.203. The minimum absolute atomic E-state index is 0.153. The lowest BCUT2D eigenvalue weighted by Gasteiger charge is -2.42. The van der Waals surface area contributed by atoms with Gasteiger partial charge in [0.1, 0.15) is 5.41 Å². The smallest absolute Gasteiger partial charge is 0.317 e. The summed E-state index contributed by atoms with van der Waals surface area (Å²) in [6.07, 6.45) is 0. The number of carbonyl (C=O) groups is 1. The van der Waals surface area contributed by atoms with Gasteiger partial charge in [-0.3, -0.25) is 4.79 Å². The molecule has 0 aromatic heterocycles. The number of ether oxygens (including phenoxy) is 2. The van der Waals surface area contributed by atoms with Gasteiger partial charge in [0, 0.05) is 13.1 Å². The molecule has 1 saturated heterocycles. The number of hydrogen-bond donors (Lipinski definition) is 0. The first-order valence-electron chi connectivity index (χ1n) is 5.64.